The number of esters is 1. The number of nitrogens with one attached hydrogen (secondary N) is 1. The Morgan fingerprint density at radius 2 is 2.00 bits per heavy atom. The molecule has 110 valence electrons. The van der Waals surface area contributed by atoms with Gasteiger partial charge in [0.05, 0.1) is 13.0 Å². The van der Waals surface area contributed by atoms with E-state index in [9.17, 15) is 9.59 Å². The van der Waals surface area contributed by atoms with Gasteiger partial charge in [0.15, 0.2) is 0 Å². The molecule has 5 nitrogen and oxygen atoms in total. The second-order valence-electron chi connectivity index (χ2n) is 4.56. The van der Waals surface area contributed by atoms with Gasteiger partial charge in [0, 0.05) is 19.0 Å². The lowest BCUT2D eigenvalue weighted by atomic mass is 10.0. The normalized spacial score (nSPS) is 11.7. The van der Waals surface area contributed by atoms with Crippen LogP contribution in [-0.4, -0.2) is 31.1 Å². The summed E-state index contributed by atoms with van der Waals surface area (Å²) in [4.78, 5) is 22.7. The standard InChI is InChI=1S/C15H22N2O3/c1-2-20-15(19)8-9-17-14(18)11-13(16)10-12-6-4-3-5-7-12/h3-7,13H,2,8-11,16H2,1H3,(H,17,18)/t13-/m0/s1. The van der Waals surface area contributed by atoms with E-state index in [1.807, 2.05) is 30.3 Å². The van der Waals surface area contributed by atoms with Gasteiger partial charge in [-0.2, -0.15) is 0 Å². The van der Waals surface area contributed by atoms with E-state index in [1.54, 1.807) is 6.92 Å². The minimum Gasteiger partial charge on any atom is -0.466 e. The van der Waals surface area contributed by atoms with Gasteiger partial charge in [-0.1, -0.05) is 30.3 Å². The fraction of sp³-hybridized carbons (Fsp3) is 0.467. The third-order valence-corrected chi connectivity index (χ3v) is 2.74. The summed E-state index contributed by atoms with van der Waals surface area (Å²) in [7, 11) is 0. The summed E-state index contributed by atoms with van der Waals surface area (Å²) >= 11 is 0. The van der Waals surface area contributed by atoms with Gasteiger partial charge < -0.3 is 15.8 Å². The molecule has 0 aliphatic heterocycles. The summed E-state index contributed by atoms with van der Waals surface area (Å²) in [6, 6.07) is 9.58. The van der Waals surface area contributed by atoms with Crippen molar-refractivity contribution in [2.75, 3.05) is 13.2 Å². The lowest BCUT2D eigenvalue weighted by molar-refractivity contribution is -0.143. The van der Waals surface area contributed by atoms with Crippen LogP contribution in [0.1, 0.15) is 25.3 Å². The average molecular weight is 278 g/mol. The highest BCUT2D eigenvalue weighted by Crippen LogP contribution is 2.03. The van der Waals surface area contributed by atoms with Crippen molar-refractivity contribution in [2.45, 2.75) is 32.2 Å². The molecule has 0 saturated carbocycles. The second-order valence-corrected chi connectivity index (χ2v) is 4.56. The van der Waals surface area contributed by atoms with Gasteiger partial charge in [0.1, 0.15) is 0 Å². The molecule has 0 radical (unpaired) electrons. The molecule has 0 bridgehead atoms. The monoisotopic (exact) mass is 278 g/mol. The van der Waals surface area contributed by atoms with E-state index in [1.165, 1.54) is 0 Å². The number of amides is 1. The molecular weight excluding hydrogens is 256 g/mol. The smallest absolute Gasteiger partial charge is 0.307 e. The van der Waals surface area contributed by atoms with Crippen molar-refractivity contribution < 1.29 is 14.3 Å². The predicted molar refractivity (Wildman–Crippen MR) is 77.0 cm³/mol. The largest absolute Gasteiger partial charge is 0.466 e. The number of ether oxygens (including phenoxy) is 1. The van der Waals surface area contributed by atoms with Crippen LogP contribution in [0.15, 0.2) is 30.3 Å². The molecule has 1 aromatic carbocycles. The average Bonchev–Trinajstić information content (AvgIpc) is 2.39. The molecule has 0 spiro atoms. The molecule has 0 aliphatic carbocycles. The van der Waals surface area contributed by atoms with Crippen LogP contribution >= 0.6 is 0 Å². The van der Waals surface area contributed by atoms with Gasteiger partial charge in [0.25, 0.3) is 0 Å². The van der Waals surface area contributed by atoms with Crippen LogP contribution in [0.4, 0.5) is 0 Å². The Morgan fingerprint density at radius 3 is 2.65 bits per heavy atom. The Balaban J connectivity index is 2.20. The van der Waals surface area contributed by atoms with E-state index < -0.39 is 0 Å². The molecule has 0 unspecified atom stereocenters. The summed E-state index contributed by atoms with van der Waals surface area (Å²) in [6.45, 7) is 2.39. The van der Waals surface area contributed by atoms with E-state index in [-0.39, 0.29) is 37.3 Å². The topological polar surface area (TPSA) is 81.4 Å². The summed E-state index contributed by atoms with van der Waals surface area (Å²) in [6.07, 6.45) is 1.09. The van der Waals surface area contributed by atoms with Gasteiger partial charge in [-0.25, -0.2) is 0 Å². The number of hydrogen-bond donors (Lipinski definition) is 2. The zero-order valence-electron chi connectivity index (χ0n) is 11.8. The van der Waals surface area contributed by atoms with Gasteiger partial charge in [-0.15, -0.1) is 0 Å². The summed E-state index contributed by atoms with van der Waals surface area (Å²) in [5, 5.41) is 2.67. The van der Waals surface area contributed by atoms with E-state index >= 15 is 0 Å². The molecule has 1 rings (SSSR count). The molecule has 20 heavy (non-hydrogen) atoms. The van der Waals surface area contributed by atoms with Crippen molar-refractivity contribution in [2.24, 2.45) is 5.73 Å². The minimum atomic E-state index is -0.304. The van der Waals surface area contributed by atoms with Crippen LogP contribution in [0, 0.1) is 0 Å². The highest BCUT2D eigenvalue weighted by Gasteiger charge is 2.10. The van der Waals surface area contributed by atoms with Gasteiger partial charge >= 0.3 is 5.97 Å². The maximum absolute atomic E-state index is 11.6. The molecule has 1 amide bonds. The molecule has 3 N–H and O–H groups in total. The van der Waals surface area contributed by atoms with Crippen molar-refractivity contribution in [3.63, 3.8) is 0 Å². The van der Waals surface area contributed by atoms with Gasteiger partial charge in [0.2, 0.25) is 5.91 Å². The minimum absolute atomic E-state index is 0.141. The fourth-order valence-electron chi connectivity index (χ4n) is 1.84. The first kappa shape index (κ1) is 16.2. The highest BCUT2D eigenvalue weighted by atomic mass is 16.5. The van der Waals surface area contributed by atoms with Crippen molar-refractivity contribution in [3.05, 3.63) is 35.9 Å². The van der Waals surface area contributed by atoms with E-state index in [0.29, 0.717) is 13.0 Å². The van der Waals surface area contributed by atoms with Crippen molar-refractivity contribution >= 4 is 11.9 Å². The van der Waals surface area contributed by atoms with Gasteiger partial charge in [-0.05, 0) is 18.9 Å². The number of hydrogen-bond acceptors (Lipinski definition) is 4. The molecule has 0 saturated heterocycles. The maximum Gasteiger partial charge on any atom is 0.307 e. The second kappa shape index (κ2) is 9.09. The molecule has 5 heteroatoms. The number of rotatable bonds is 8. The molecule has 1 aromatic rings. The highest BCUT2D eigenvalue weighted by molar-refractivity contribution is 5.77. The van der Waals surface area contributed by atoms with Crippen molar-refractivity contribution in [1.29, 1.82) is 0 Å². The molecule has 0 aromatic heterocycles. The Morgan fingerprint density at radius 1 is 1.30 bits per heavy atom. The summed E-state index contributed by atoms with van der Waals surface area (Å²) in [5.41, 5.74) is 7.04. The number of nitrogens with two attached hydrogens (primary N) is 1. The fourth-order valence-corrected chi connectivity index (χ4v) is 1.84. The van der Waals surface area contributed by atoms with Crippen LogP contribution in [0.2, 0.25) is 0 Å². The first-order valence-electron chi connectivity index (χ1n) is 6.83. The SMILES string of the molecule is CCOC(=O)CCNC(=O)C[C@@H](N)Cc1ccccc1. The van der Waals surface area contributed by atoms with Crippen LogP contribution < -0.4 is 11.1 Å². The van der Waals surface area contributed by atoms with Crippen LogP contribution in [0.3, 0.4) is 0 Å². The molecule has 0 heterocycles. The summed E-state index contributed by atoms with van der Waals surface area (Å²) < 4.78 is 4.77. The Labute approximate surface area is 119 Å². The zero-order valence-corrected chi connectivity index (χ0v) is 11.8. The van der Waals surface area contributed by atoms with E-state index in [2.05, 4.69) is 5.32 Å². The number of benzene rings is 1. The Kier molecular flexibility index (Phi) is 7.35. The molecule has 0 aliphatic rings. The predicted octanol–water partition coefficient (Wildman–Crippen LogP) is 1.02. The number of carbonyl (C=O) groups is 2. The van der Waals surface area contributed by atoms with E-state index in [4.69, 9.17) is 10.5 Å². The molecular formula is C15H22N2O3. The van der Waals surface area contributed by atoms with Crippen LogP contribution in [0.25, 0.3) is 0 Å². The van der Waals surface area contributed by atoms with Crippen LogP contribution in [-0.2, 0) is 20.7 Å². The van der Waals surface area contributed by atoms with Gasteiger partial charge in [-0.3, -0.25) is 9.59 Å². The molecule has 1 atom stereocenters. The summed E-state index contributed by atoms with van der Waals surface area (Å²) in [5.74, 6) is -0.445. The Bertz CT molecular complexity index is 420. The number of carbonyl (C=O) groups excluding carboxylic acids is 2. The third kappa shape index (κ3) is 6.89. The Hall–Kier alpha value is -1.88. The quantitative estimate of drug-likeness (QED) is 0.696. The van der Waals surface area contributed by atoms with E-state index in [0.717, 1.165) is 5.56 Å². The van der Waals surface area contributed by atoms with Crippen LogP contribution in [0.5, 0.6) is 0 Å². The lowest BCUT2D eigenvalue weighted by Crippen LogP contribution is -2.34. The van der Waals surface area contributed by atoms with Crippen molar-refractivity contribution in [3.8, 4) is 0 Å². The third-order valence-electron chi connectivity index (χ3n) is 2.74. The lowest BCUT2D eigenvalue weighted by Gasteiger charge is -2.11. The first-order chi connectivity index (χ1) is 9.61. The molecule has 0 fully saturated rings. The maximum atomic E-state index is 11.6. The zero-order chi connectivity index (χ0) is 14.8. The first-order valence-corrected chi connectivity index (χ1v) is 6.83. The van der Waals surface area contributed by atoms with Crippen molar-refractivity contribution in [1.82, 2.24) is 5.32 Å².